The van der Waals surface area contributed by atoms with Gasteiger partial charge in [-0.25, -0.2) is 18.5 Å². The number of hydrogen-bond donors (Lipinski definition) is 1. The summed E-state index contributed by atoms with van der Waals surface area (Å²) in [6, 6.07) is 25.0. The van der Waals surface area contributed by atoms with E-state index in [1.54, 1.807) is 35.6 Å². The lowest BCUT2D eigenvalue weighted by Gasteiger charge is -2.09. The summed E-state index contributed by atoms with van der Waals surface area (Å²) in [5, 5.41) is 9.58. The van der Waals surface area contributed by atoms with Crippen LogP contribution in [0.2, 0.25) is 4.34 Å². The van der Waals surface area contributed by atoms with Crippen LogP contribution in [0.1, 0.15) is 5.56 Å². The molecule has 34 heavy (non-hydrogen) atoms. The van der Waals surface area contributed by atoms with Gasteiger partial charge in [-0.05, 0) is 47.7 Å². The van der Waals surface area contributed by atoms with Crippen molar-refractivity contribution < 1.29 is 8.42 Å². The molecule has 0 atom stereocenters. The lowest BCUT2D eigenvalue weighted by molar-refractivity contribution is 0.597. The SMILES string of the molecule is NS(=O)(=O)c1ccc(CCn2c(-c3ccc(Cl)s3)csc2=Nc2cccc3ccccc23)cc1. The third kappa shape index (κ3) is 4.87. The van der Waals surface area contributed by atoms with Crippen molar-refractivity contribution >= 4 is 60.8 Å². The number of nitrogens with two attached hydrogens (primary N) is 1. The molecule has 5 rings (SSSR count). The molecular weight excluding hydrogens is 506 g/mol. The van der Waals surface area contributed by atoms with Crippen LogP contribution in [0.25, 0.3) is 21.3 Å². The first kappa shape index (κ1) is 23.0. The normalized spacial score (nSPS) is 12.5. The van der Waals surface area contributed by atoms with Crippen molar-refractivity contribution in [2.45, 2.75) is 17.9 Å². The van der Waals surface area contributed by atoms with Crippen molar-refractivity contribution in [2.24, 2.45) is 10.1 Å². The molecule has 0 saturated carbocycles. The molecule has 0 aliphatic rings. The number of thiophene rings is 1. The van der Waals surface area contributed by atoms with Gasteiger partial charge in [-0.1, -0.05) is 60.1 Å². The molecule has 5 aromatic rings. The van der Waals surface area contributed by atoms with E-state index in [1.807, 2.05) is 36.4 Å². The van der Waals surface area contributed by atoms with Crippen LogP contribution in [0.3, 0.4) is 0 Å². The molecule has 0 bridgehead atoms. The van der Waals surface area contributed by atoms with Gasteiger partial charge in [-0.3, -0.25) is 0 Å². The molecule has 2 heterocycles. The van der Waals surface area contributed by atoms with E-state index in [-0.39, 0.29) is 4.90 Å². The number of nitrogens with zero attached hydrogens (tertiary/aromatic N) is 2. The Morgan fingerprint density at radius 3 is 2.44 bits per heavy atom. The summed E-state index contributed by atoms with van der Waals surface area (Å²) in [6.07, 6.45) is 0.705. The number of thiazole rings is 1. The first-order valence-electron chi connectivity index (χ1n) is 10.5. The highest BCUT2D eigenvalue weighted by Gasteiger charge is 2.12. The van der Waals surface area contributed by atoms with Crippen LogP contribution in [0.5, 0.6) is 0 Å². The number of benzene rings is 3. The van der Waals surface area contributed by atoms with E-state index in [9.17, 15) is 8.42 Å². The van der Waals surface area contributed by atoms with E-state index in [1.165, 1.54) is 11.3 Å². The average molecular weight is 526 g/mol. The Morgan fingerprint density at radius 1 is 0.941 bits per heavy atom. The highest BCUT2D eigenvalue weighted by atomic mass is 35.5. The zero-order valence-corrected chi connectivity index (χ0v) is 21.1. The van der Waals surface area contributed by atoms with Crippen molar-refractivity contribution in [3.8, 4) is 10.6 Å². The van der Waals surface area contributed by atoms with E-state index in [2.05, 4.69) is 28.1 Å². The summed E-state index contributed by atoms with van der Waals surface area (Å²) in [7, 11) is -3.71. The highest BCUT2D eigenvalue weighted by molar-refractivity contribution is 7.89. The van der Waals surface area contributed by atoms with E-state index < -0.39 is 10.0 Å². The summed E-state index contributed by atoms with van der Waals surface area (Å²) < 4.78 is 26.0. The first-order chi connectivity index (χ1) is 16.4. The fraction of sp³-hybridized carbons (Fsp3) is 0.0800. The van der Waals surface area contributed by atoms with Gasteiger partial charge in [0.15, 0.2) is 4.80 Å². The third-order valence-corrected chi connectivity index (χ3v) is 8.53. The first-order valence-corrected chi connectivity index (χ1v) is 14.1. The number of fused-ring (bicyclic) bond motifs is 1. The van der Waals surface area contributed by atoms with Gasteiger partial charge in [-0.15, -0.1) is 22.7 Å². The van der Waals surface area contributed by atoms with Crippen molar-refractivity contribution in [3.63, 3.8) is 0 Å². The van der Waals surface area contributed by atoms with Gasteiger partial charge in [-0.2, -0.15) is 0 Å². The van der Waals surface area contributed by atoms with Crippen LogP contribution < -0.4 is 9.94 Å². The Bertz CT molecular complexity index is 1640. The maximum atomic E-state index is 11.6. The molecule has 2 aromatic heterocycles. The Morgan fingerprint density at radius 2 is 1.71 bits per heavy atom. The Balaban J connectivity index is 1.55. The molecule has 0 saturated heterocycles. The summed E-state index contributed by atoms with van der Waals surface area (Å²) >= 11 is 9.34. The second kappa shape index (κ2) is 9.48. The number of aromatic nitrogens is 1. The number of sulfonamides is 1. The number of halogens is 1. The van der Waals surface area contributed by atoms with Crippen molar-refractivity contribution in [1.29, 1.82) is 0 Å². The molecule has 2 N–H and O–H groups in total. The smallest absolute Gasteiger partial charge is 0.238 e. The summed E-state index contributed by atoms with van der Waals surface area (Å²) in [5.74, 6) is 0. The molecule has 0 fully saturated rings. The Hall–Kier alpha value is -2.75. The number of primary sulfonamides is 1. The van der Waals surface area contributed by atoms with Crippen LogP contribution in [0, 0.1) is 0 Å². The fourth-order valence-corrected chi connectivity index (χ4v) is 6.38. The second-order valence-electron chi connectivity index (χ2n) is 7.71. The van der Waals surface area contributed by atoms with Gasteiger partial charge in [0.05, 0.1) is 25.5 Å². The lowest BCUT2D eigenvalue weighted by Crippen LogP contribution is -2.17. The molecule has 0 aliphatic carbocycles. The molecule has 5 nitrogen and oxygen atoms in total. The predicted molar refractivity (Wildman–Crippen MR) is 141 cm³/mol. The van der Waals surface area contributed by atoms with Crippen molar-refractivity contribution in [2.75, 3.05) is 0 Å². The number of aryl methyl sites for hydroxylation is 1. The predicted octanol–water partition coefficient (Wildman–Crippen LogP) is 6.21. The highest BCUT2D eigenvalue weighted by Crippen LogP contribution is 2.32. The van der Waals surface area contributed by atoms with Crippen molar-refractivity contribution in [1.82, 2.24) is 4.57 Å². The molecule has 0 aliphatic heterocycles. The fourth-order valence-electron chi connectivity index (χ4n) is 3.78. The summed E-state index contributed by atoms with van der Waals surface area (Å²) in [4.78, 5) is 7.11. The van der Waals surface area contributed by atoms with Crippen LogP contribution in [0.4, 0.5) is 5.69 Å². The molecule has 0 amide bonds. The molecule has 3 aromatic carbocycles. The molecule has 172 valence electrons. The second-order valence-corrected chi connectivity index (χ2v) is 11.8. The zero-order valence-electron chi connectivity index (χ0n) is 17.9. The minimum absolute atomic E-state index is 0.111. The van der Waals surface area contributed by atoms with Gasteiger partial charge < -0.3 is 4.57 Å². The maximum absolute atomic E-state index is 11.6. The number of hydrogen-bond acceptors (Lipinski definition) is 5. The minimum atomic E-state index is -3.71. The standard InChI is InChI=1S/C25H20ClN3O2S3/c26-24-13-12-23(33-24)22-16-32-25(28-21-7-3-5-18-4-1-2-6-20(18)21)29(22)15-14-17-8-10-19(11-9-17)34(27,30)31/h1-13,16H,14-15H2,(H2,27,30,31). The summed E-state index contributed by atoms with van der Waals surface area (Å²) in [5.41, 5.74) is 2.99. The molecule has 9 heteroatoms. The summed E-state index contributed by atoms with van der Waals surface area (Å²) in [6.45, 7) is 0.673. The monoisotopic (exact) mass is 525 g/mol. The van der Waals surface area contributed by atoms with Gasteiger partial charge in [0.1, 0.15) is 0 Å². The Kier molecular flexibility index (Phi) is 6.42. The quantitative estimate of drug-likeness (QED) is 0.286. The average Bonchev–Trinajstić information content (AvgIpc) is 3.43. The molecule has 0 radical (unpaired) electrons. The Labute approximate surface area is 210 Å². The third-order valence-electron chi connectivity index (χ3n) is 5.48. The maximum Gasteiger partial charge on any atom is 0.238 e. The van der Waals surface area contributed by atoms with Gasteiger partial charge in [0, 0.05) is 17.3 Å². The van der Waals surface area contributed by atoms with Crippen LogP contribution in [-0.2, 0) is 23.0 Å². The van der Waals surface area contributed by atoms with Gasteiger partial charge >= 0.3 is 0 Å². The van der Waals surface area contributed by atoms with Crippen molar-refractivity contribution in [3.05, 3.63) is 98.9 Å². The molecular formula is C25H20ClN3O2S3. The van der Waals surface area contributed by atoms with E-state index >= 15 is 0 Å². The number of rotatable bonds is 6. The van der Waals surface area contributed by atoms with Crippen LogP contribution in [-0.4, -0.2) is 13.0 Å². The van der Waals surface area contributed by atoms with E-state index in [4.69, 9.17) is 21.7 Å². The molecule has 0 unspecified atom stereocenters. The zero-order chi connectivity index (χ0) is 23.7. The van der Waals surface area contributed by atoms with Gasteiger partial charge in [0.25, 0.3) is 0 Å². The largest absolute Gasteiger partial charge is 0.315 e. The van der Waals surface area contributed by atoms with Crippen LogP contribution in [0.15, 0.2) is 94.1 Å². The van der Waals surface area contributed by atoms with E-state index in [0.29, 0.717) is 13.0 Å². The lowest BCUT2D eigenvalue weighted by atomic mass is 10.1. The van der Waals surface area contributed by atoms with E-state index in [0.717, 1.165) is 41.7 Å². The minimum Gasteiger partial charge on any atom is -0.315 e. The topological polar surface area (TPSA) is 77.5 Å². The van der Waals surface area contributed by atoms with Gasteiger partial charge in [0.2, 0.25) is 10.0 Å². The molecule has 0 spiro atoms. The van der Waals surface area contributed by atoms with Crippen LogP contribution >= 0.6 is 34.3 Å².